The standard InChI is InChI=1S/C13H12Cl3N3O/c1-8(2)20-12(5-19-7-17-6-18-19)13-10(15)3-9(14)4-11(13)16/h3-8H,1-2H3. The van der Waals surface area contributed by atoms with E-state index in [1.54, 1.807) is 24.7 Å². The highest BCUT2D eigenvalue weighted by Crippen LogP contribution is 2.35. The van der Waals surface area contributed by atoms with E-state index in [4.69, 9.17) is 39.5 Å². The van der Waals surface area contributed by atoms with E-state index in [9.17, 15) is 0 Å². The SMILES string of the molecule is CC(C)OC(=Cn1cncn1)c1c(Cl)cc(Cl)cc1Cl. The lowest BCUT2D eigenvalue weighted by atomic mass is 10.2. The van der Waals surface area contributed by atoms with Crippen molar-refractivity contribution >= 4 is 46.8 Å². The largest absolute Gasteiger partial charge is 0.489 e. The van der Waals surface area contributed by atoms with E-state index in [2.05, 4.69) is 10.1 Å². The van der Waals surface area contributed by atoms with Crippen molar-refractivity contribution < 1.29 is 4.74 Å². The zero-order valence-electron chi connectivity index (χ0n) is 10.8. The van der Waals surface area contributed by atoms with E-state index < -0.39 is 0 Å². The molecule has 0 unspecified atom stereocenters. The molecule has 1 heterocycles. The van der Waals surface area contributed by atoms with Crippen LogP contribution in [0.2, 0.25) is 15.1 Å². The van der Waals surface area contributed by atoms with Crippen LogP contribution in [0.25, 0.3) is 12.0 Å². The summed E-state index contributed by atoms with van der Waals surface area (Å²) in [5.74, 6) is 0.497. The van der Waals surface area contributed by atoms with Gasteiger partial charge in [-0.15, -0.1) is 0 Å². The van der Waals surface area contributed by atoms with Gasteiger partial charge < -0.3 is 4.74 Å². The van der Waals surface area contributed by atoms with Crippen molar-refractivity contribution in [3.8, 4) is 0 Å². The maximum Gasteiger partial charge on any atom is 0.148 e. The van der Waals surface area contributed by atoms with Gasteiger partial charge in [0.15, 0.2) is 0 Å². The smallest absolute Gasteiger partial charge is 0.148 e. The van der Waals surface area contributed by atoms with Crippen molar-refractivity contribution in [3.63, 3.8) is 0 Å². The van der Waals surface area contributed by atoms with Crippen LogP contribution in [-0.4, -0.2) is 20.9 Å². The summed E-state index contributed by atoms with van der Waals surface area (Å²) in [5.41, 5.74) is 0.571. The van der Waals surface area contributed by atoms with E-state index in [0.717, 1.165) is 0 Å². The first-order valence-electron chi connectivity index (χ1n) is 5.85. The Kier molecular flexibility index (Phi) is 4.91. The Morgan fingerprint density at radius 2 is 1.90 bits per heavy atom. The zero-order chi connectivity index (χ0) is 14.7. The topological polar surface area (TPSA) is 39.9 Å². The molecule has 0 radical (unpaired) electrons. The van der Waals surface area contributed by atoms with Gasteiger partial charge in [0.1, 0.15) is 18.4 Å². The van der Waals surface area contributed by atoms with Gasteiger partial charge in [-0.2, -0.15) is 5.10 Å². The second-order valence-corrected chi connectivity index (χ2v) is 5.53. The Hall–Kier alpha value is -1.23. The van der Waals surface area contributed by atoms with E-state index in [0.29, 0.717) is 26.4 Å². The van der Waals surface area contributed by atoms with Crippen molar-refractivity contribution in [1.29, 1.82) is 0 Å². The Labute approximate surface area is 131 Å². The molecule has 7 heteroatoms. The van der Waals surface area contributed by atoms with Crippen LogP contribution in [-0.2, 0) is 4.74 Å². The lowest BCUT2D eigenvalue weighted by Crippen LogP contribution is -2.04. The summed E-state index contributed by atoms with van der Waals surface area (Å²) in [5, 5.41) is 5.29. The molecular formula is C13H12Cl3N3O. The van der Waals surface area contributed by atoms with E-state index in [-0.39, 0.29) is 6.10 Å². The van der Waals surface area contributed by atoms with Gasteiger partial charge in [-0.05, 0) is 26.0 Å². The van der Waals surface area contributed by atoms with Gasteiger partial charge >= 0.3 is 0 Å². The molecular weight excluding hydrogens is 321 g/mol. The highest BCUT2D eigenvalue weighted by molar-refractivity contribution is 6.40. The van der Waals surface area contributed by atoms with Crippen molar-refractivity contribution in [1.82, 2.24) is 14.8 Å². The summed E-state index contributed by atoms with van der Waals surface area (Å²) in [6.45, 7) is 3.82. The van der Waals surface area contributed by atoms with Crippen LogP contribution in [0.3, 0.4) is 0 Å². The molecule has 0 N–H and O–H groups in total. The van der Waals surface area contributed by atoms with Crippen LogP contribution < -0.4 is 0 Å². The zero-order valence-corrected chi connectivity index (χ0v) is 13.1. The number of ether oxygens (including phenoxy) is 1. The second kappa shape index (κ2) is 6.48. The summed E-state index contributed by atoms with van der Waals surface area (Å²) in [6.07, 6.45) is 4.58. The molecule has 0 aliphatic heterocycles. The normalized spacial score (nSPS) is 12.0. The highest BCUT2D eigenvalue weighted by Gasteiger charge is 2.16. The summed E-state index contributed by atoms with van der Waals surface area (Å²) in [6, 6.07) is 3.23. The van der Waals surface area contributed by atoms with Gasteiger partial charge in [0.25, 0.3) is 0 Å². The molecule has 0 spiro atoms. The fourth-order valence-electron chi connectivity index (χ4n) is 1.59. The third-order valence-electron chi connectivity index (χ3n) is 2.30. The van der Waals surface area contributed by atoms with Crippen LogP contribution in [0.4, 0.5) is 0 Å². The molecule has 2 rings (SSSR count). The molecule has 0 bridgehead atoms. The number of benzene rings is 1. The van der Waals surface area contributed by atoms with Gasteiger partial charge in [-0.3, -0.25) is 0 Å². The van der Waals surface area contributed by atoms with Gasteiger partial charge in [0, 0.05) is 5.02 Å². The minimum Gasteiger partial charge on any atom is -0.489 e. The molecule has 0 amide bonds. The molecule has 1 aromatic carbocycles. The van der Waals surface area contributed by atoms with Crippen molar-refractivity contribution in [2.24, 2.45) is 0 Å². The van der Waals surface area contributed by atoms with Gasteiger partial charge in [0.2, 0.25) is 0 Å². The van der Waals surface area contributed by atoms with Crippen LogP contribution in [0, 0.1) is 0 Å². The number of nitrogens with zero attached hydrogens (tertiary/aromatic N) is 3. The monoisotopic (exact) mass is 331 g/mol. The molecule has 2 aromatic rings. The number of hydrogen-bond donors (Lipinski definition) is 0. The number of halogens is 3. The van der Waals surface area contributed by atoms with Crippen LogP contribution in [0.5, 0.6) is 0 Å². The Balaban J connectivity index is 2.52. The number of hydrogen-bond acceptors (Lipinski definition) is 3. The van der Waals surface area contributed by atoms with E-state index in [1.807, 2.05) is 13.8 Å². The Morgan fingerprint density at radius 3 is 2.40 bits per heavy atom. The first-order chi connectivity index (χ1) is 9.47. The Bertz CT molecular complexity index is 601. The maximum atomic E-state index is 6.22. The summed E-state index contributed by atoms with van der Waals surface area (Å²) in [4.78, 5) is 3.87. The van der Waals surface area contributed by atoms with Crippen LogP contribution in [0.15, 0.2) is 24.8 Å². The molecule has 20 heavy (non-hydrogen) atoms. The van der Waals surface area contributed by atoms with Gasteiger partial charge in [0.05, 0.1) is 27.9 Å². The first-order valence-corrected chi connectivity index (χ1v) is 6.98. The van der Waals surface area contributed by atoms with E-state index >= 15 is 0 Å². The molecule has 106 valence electrons. The molecule has 0 aliphatic rings. The molecule has 1 aromatic heterocycles. The first kappa shape index (κ1) is 15.2. The Morgan fingerprint density at radius 1 is 1.25 bits per heavy atom. The summed E-state index contributed by atoms with van der Waals surface area (Å²) in [7, 11) is 0. The second-order valence-electron chi connectivity index (χ2n) is 4.28. The average molecular weight is 333 g/mol. The van der Waals surface area contributed by atoms with Crippen molar-refractivity contribution in [2.75, 3.05) is 0 Å². The average Bonchev–Trinajstić information content (AvgIpc) is 2.79. The summed E-state index contributed by atoms with van der Waals surface area (Å²) < 4.78 is 7.28. The molecule has 0 atom stereocenters. The van der Waals surface area contributed by atoms with Crippen molar-refractivity contribution in [2.45, 2.75) is 20.0 Å². The lowest BCUT2D eigenvalue weighted by Gasteiger charge is -2.16. The lowest BCUT2D eigenvalue weighted by molar-refractivity contribution is 0.205. The van der Waals surface area contributed by atoms with Crippen LogP contribution in [0.1, 0.15) is 19.4 Å². The molecule has 0 saturated carbocycles. The van der Waals surface area contributed by atoms with Crippen molar-refractivity contribution in [3.05, 3.63) is 45.4 Å². The molecule has 0 fully saturated rings. The van der Waals surface area contributed by atoms with E-state index in [1.165, 1.54) is 11.0 Å². The number of aromatic nitrogens is 3. The summed E-state index contributed by atoms with van der Waals surface area (Å²) >= 11 is 18.4. The predicted molar refractivity (Wildman–Crippen MR) is 81.9 cm³/mol. The highest BCUT2D eigenvalue weighted by atomic mass is 35.5. The van der Waals surface area contributed by atoms with Gasteiger partial charge in [-0.25, -0.2) is 9.67 Å². The number of rotatable bonds is 4. The maximum absolute atomic E-state index is 6.22. The molecule has 4 nitrogen and oxygen atoms in total. The fraction of sp³-hybridized carbons (Fsp3) is 0.231. The molecule has 0 aliphatic carbocycles. The third-order valence-corrected chi connectivity index (χ3v) is 3.12. The third kappa shape index (κ3) is 3.66. The minimum absolute atomic E-state index is 0.0485. The molecule has 0 saturated heterocycles. The quantitative estimate of drug-likeness (QED) is 0.767. The minimum atomic E-state index is -0.0485. The van der Waals surface area contributed by atoms with Crippen LogP contribution >= 0.6 is 34.8 Å². The fourth-order valence-corrected chi connectivity index (χ4v) is 2.59. The predicted octanol–water partition coefficient (Wildman–Crippen LogP) is 4.62. The van der Waals surface area contributed by atoms with Gasteiger partial charge in [-0.1, -0.05) is 34.8 Å².